The average Bonchev–Trinajstić information content (AvgIpc) is 3.36. The van der Waals surface area contributed by atoms with E-state index in [0.717, 1.165) is 41.2 Å². The maximum Gasteiger partial charge on any atom is 0.297 e. The maximum absolute atomic E-state index is 13.4. The second-order valence-electron chi connectivity index (χ2n) is 9.31. The predicted octanol–water partition coefficient (Wildman–Crippen LogP) is 5.82. The molecule has 0 unspecified atom stereocenters. The highest BCUT2D eigenvalue weighted by atomic mass is 32.1. The minimum Gasteiger partial charge on any atom is -0.283 e. The van der Waals surface area contributed by atoms with Crippen LogP contribution in [0.4, 0.5) is 11.4 Å². The van der Waals surface area contributed by atoms with Crippen molar-refractivity contribution in [2.24, 2.45) is 23.1 Å². The number of hydrogen-bond acceptors (Lipinski definition) is 6. The Morgan fingerprint density at radius 1 is 1.11 bits per heavy atom. The van der Waals surface area contributed by atoms with Crippen LogP contribution in [0.15, 0.2) is 74.9 Å². The number of aromatic nitrogens is 3. The fourth-order valence-electron chi connectivity index (χ4n) is 3.92. The van der Waals surface area contributed by atoms with Crippen LogP contribution in [0.2, 0.25) is 0 Å². The van der Waals surface area contributed by atoms with Crippen LogP contribution in [0.25, 0.3) is 16.9 Å². The van der Waals surface area contributed by atoms with Gasteiger partial charge in [0.2, 0.25) is 4.80 Å². The molecule has 0 amide bonds. The fourth-order valence-corrected chi connectivity index (χ4v) is 4.76. The standard InChI is InChI=1S/C27H30N6O3S/c1-18(2)11-12-19(3)29-31-24(21-13-15-23(16-14-21)33(35)36)17-37-27(31)28-25-20(4)30(5)32(26(25)34)22-9-7-6-8-10-22/h6-10,13-18H,11-12H2,1-5H3. The Kier molecular flexibility index (Phi) is 7.68. The molecule has 4 rings (SSSR count). The SMILES string of the molecule is CC(CCC(C)C)=Nn1c(-c2ccc([N+](=O)[O-])cc2)csc1=Nc1c(C)n(C)n(-c2ccccc2)c1=O. The van der Waals surface area contributed by atoms with E-state index in [1.165, 1.54) is 23.5 Å². The van der Waals surface area contributed by atoms with Gasteiger partial charge >= 0.3 is 0 Å². The number of nitrogens with zero attached hydrogens (tertiary/aromatic N) is 6. The Bertz CT molecular complexity index is 1570. The van der Waals surface area contributed by atoms with Gasteiger partial charge in [0.15, 0.2) is 5.69 Å². The lowest BCUT2D eigenvalue weighted by Gasteiger charge is -2.07. The first-order chi connectivity index (χ1) is 17.7. The number of non-ortho nitro benzene ring substituents is 1. The highest BCUT2D eigenvalue weighted by Crippen LogP contribution is 2.24. The van der Waals surface area contributed by atoms with Crippen molar-refractivity contribution in [3.8, 4) is 16.9 Å². The molecule has 2 aromatic heterocycles. The zero-order valence-corrected chi connectivity index (χ0v) is 22.4. The largest absolute Gasteiger partial charge is 0.297 e. The maximum atomic E-state index is 13.4. The van der Waals surface area contributed by atoms with E-state index in [1.807, 2.05) is 56.6 Å². The van der Waals surface area contributed by atoms with E-state index >= 15 is 0 Å². The average molecular weight is 519 g/mol. The van der Waals surface area contributed by atoms with Crippen molar-refractivity contribution in [3.05, 3.63) is 90.9 Å². The van der Waals surface area contributed by atoms with Crippen LogP contribution >= 0.6 is 11.3 Å². The van der Waals surface area contributed by atoms with Crippen molar-refractivity contribution in [1.29, 1.82) is 0 Å². The second kappa shape index (κ2) is 10.9. The summed E-state index contributed by atoms with van der Waals surface area (Å²) in [6.07, 6.45) is 1.82. The van der Waals surface area contributed by atoms with Gasteiger partial charge in [-0.1, -0.05) is 32.0 Å². The Hall–Kier alpha value is -4.05. The highest BCUT2D eigenvalue weighted by Gasteiger charge is 2.17. The van der Waals surface area contributed by atoms with Crippen LogP contribution in [-0.2, 0) is 7.05 Å². The van der Waals surface area contributed by atoms with E-state index in [4.69, 9.17) is 10.1 Å². The van der Waals surface area contributed by atoms with Crippen LogP contribution in [0.5, 0.6) is 0 Å². The molecular weight excluding hydrogens is 488 g/mol. The zero-order valence-electron chi connectivity index (χ0n) is 21.6. The van der Waals surface area contributed by atoms with Gasteiger partial charge < -0.3 is 0 Å². The molecule has 0 aliphatic rings. The van der Waals surface area contributed by atoms with Crippen molar-refractivity contribution >= 4 is 28.4 Å². The second-order valence-corrected chi connectivity index (χ2v) is 10.1. The van der Waals surface area contributed by atoms with Crippen molar-refractivity contribution in [2.75, 3.05) is 0 Å². The number of rotatable bonds is 8. The molecule has 0 saturated heterocycles. The molecule has 0 fully saturated rings. The van der Waals surface area contributed by atoms with Crippen LogP contribution in [-0.4, -0.2) is 24.7 Å². The molecule has 4 aromatic rings. The summed E-state index contributed by atoms with van der Waals surface area (Å²) in [5.41, 5.74) is 4.08. The number of thiazole rings is 1. The lowest BCUT2D eigenvalue weighted by Crippen LogP contribution is -2.20. The first-order valence-electron chi connectivity index (χ1n) is 12.1. The zero-order chi connectivity index (χ0) is 26.7. The molecular formula is C27H30N6O3S. The Labute approximate surface area is 218 Å². The molecule has 0 spiro atoms. The number of nitro groups is 1. The highest BCUT2D eigenvalue weighted by molar-refractivity contribution is 7.07. The van der Waals surface area contributed by atoms with Crippen molar-refractivity contribution in [3.63, 3.8) is 0 Å². The van der Waals surface area contributed by atoms with Crippen molar-refractivity contribution in [1.82, 2.24) is 14.0 Å². The molecule has 37 heavy (non-hydrogen) atoms. The molecule has 192 valence electrons. The van der Waals surface area contributed by atoms with Gasteiger partial charge in [-0.2, -0.15) is 5.10 Å². The number of hydrogen-bond donors (Lipinski definition) is 0. The van der Waals surface area contributed by atoms with Crippen molar-refractivity contribution < 1.29 is 4.92 Å². The predicted molar refractivity (Wildman–Crippen MR) is 148 cm³/mol. The van der Waals surface area contributed by atoms with Crippen LogP contribution in [0.1, 0.15) is 39.3 Å². The van der Waals surface area contributed by atoms with Gasteiger partial charge in [-0.15, -0.1) is 11.3 Å². The number of benzene rings is 2. The molecule has 0 aliphatic heterocycles. The lowest BCUT2D eigenvalue weighted by molar-refractivity contribution is -0.384. The van der Waals surface area contributed by atoms with Gasteiger partial charge in [0.25, 0.3) is 11.2 Å². The molecule has 9 nitrogen and oxygen atoms in total. The lowest BCUT2D eigenvalue weighted by atomic mass is 10.1. The van der Waals surface area contributed by atoms with E-state index in [2.05, 4.69) is 13.8 Å². The first kappa shape index (κ1) is 26.0. The van der Waals surface area contributed by atoms with E-state index in [9.17, 15) is 14.9 Å². The summed E-state index contributed by atoms with van der Waals surface area (Å²) in [5.74, 6) is 0.541. The van der Waals surface area contributed by atoms with Crippen LogP contribution in [0, 0.1) is 23.0 Å². The van der Waals surface area contributed by atoms with E-state index in [1.54, 1.807) is 26.2 Å². The summed E-state index contributed by atoms with van der Waals surface area (Å²) in [6, 6.07) is 15.8. The smallest absolute Gasteiger partial charge is 0.283 e. The number of para-hydroxylation sites is 1. The van der Waals surface area contributed by atoms with Gasteiger partial charge in [-0.3, -0.25) is 19.6 Å². The molecule has 2 aromatic carbocycles. The summed E-state index contributed by atoms with van der Waals surface area (Å²) in [5, 5.41) is 17.9. The van der Waals surface area contributed by atoms with E-state index < -0.39 is 4.92 Å². The minimum atomic E-state index is -0.420. The van der Waals surface area contributed by atoms with Gasteiger partial charge in [0.05, 0.1) is 22.0 Å². The van der Waals surface area contributed by atoms with Crippen LogP contribution in [0.3, 0.4) is 0 Å². The molecule has 2 heterocycles. The third-order valence-corrected chi connectivity index (χ3v) is 6.96. The fraction of sp³-hybridized carbons (Fsp3) is 0.296. The van der Waals surface area contributed by atoms with E-state index in [0.29, 0.717) is 16.4 Å². The third-order valence-electron chi connectivity index (χ3n) is 6.14. The van der Waals surface area contributed by atoms with Crippen molar-refractivity contribution in [2.45, 2.75) is 40.5 Å². The molecule has 0 aliphatic carbocycles. The quantitative estimate of drug-likeness (QED) is 0.167. The normalized spacial score (nSPS) is 12.5. The van der Waals surface area contributed by atoms with Gasteiger partial charge in [0, 0.05) is 35.8 Å². The molecule has 0 saturated carbocycles. The molecule has 0 radical (unpaired) electrons. The number of nitro benzene ring substituents is 1. The van der Waals surface area contributed by atoms with E-state index in [-0.39, 0.29) is 11.2 Å². The topological polar surface area (TPSA) is 99.7 Å². The summed E-state index contributed by atoms with van der Waals surface area (Å²) in [7, 11) is 1.84. The molecule has 0 bridgehead atoms. The Balaban J connectivity index is 1.89. The Morgan fingerprint density at radius 2 is 1.78 bits per heavy atom. The first-order valence-corrected chi connectivity index (χ1v) is 12.9. The molecule has 0 N–H and O–H groups in total. The minimum absolute atomic E-state index is 0.0217. The summed E-state index contributed by atoms with van der Waals surface area (Å²) >= 11 is 1.37. The van der Waals surface area contributed by atoms with Gasteiger partial charge in [0.1, 0.15) is 0 Å². The van der Waals surface area contributed by atoms with Gasteiger partial charge in [-0.25, -0.2) is 14.4 Å². The third kappa shape index (κ3) is 5.54. The molecule has 0 atom stereocenters. The van der Waals surface area contributed by atoms with Crippen LogP contribution < -0.4 is 10.4 Å². The molecule has 10 heteroatoms. The summed E-state index contributed by atoms with van der Waals surface area (Å²) in [4.78, 5) is 29.5. The summed E-state index contributed by atoms with van der Waals surface area (Å²) < 4.78 is 5.13. The monoisotopic (exact) mass is 518 g/mol. The Morgan fingerprint density at radius 3 is 2.41 bits per heavy atom. The van der Waals surface area contributed by atoms with Gasteiger partial charge in [-0.05, 0) is 56.9 Å². The summed E-state index contributed by atoms with van der Waals surface area (Å²) in [6.45, 7) is 8.19.